The standard InChI is InChI=1S/C22H24ClN9.ClH/c23-16-5-3-4-15(12-16)13-26-21-24-7-6-18(28-21)19-17-14-27-22(29-20(17)31-30-19)25-8-11-32-9-1-2-10-32;/h3-7,12,14H,1-2,8-11,13H2,(H,24,26,28)(H2,25,27,29,30,31);1H. The first kappa shape index (κ1) is 23.2. The van der Waals surface area contributed by atoms with Gasteiger partial charge < -0.3 is 15.5 Å². The van der Waals surface area contributed by atoms with Crippen LogP contribution in [0.1, 0.15) is 18.4 Å². The molecule has 4 heterocycles. The molecule has 0 bridgehead atoms. The van der Waals surface area contributed by atoms with Crippen LogP contribution >= 0.6 is 24.0 Å². The fourth-order valence-corrected chi connectivity index (χ4v) is 4.04. The predicted octanol–water partition coefficient (Wildman–Crippen LogP) is 4.00. The molecule has 1 fully saturated rings. The number of halogens is 2. The first-order valence-corrected chi connectivity index (χ1v) is 11.1. The van der Waals surface area contributed by atoms with E-state index in [9.17, 15) is 0 Å². The second-order valence-corrected chi connectivity index (χ2v) is 8.19. The number of H-pyrrole nitrogens is 1. The van der Waals surface area contributed by atoms with Gasteiger partial charge in [0.25, 0.3) is 0 Å². The molecule has 5 rings (SSSR count). The highest BCUT2D eigenvalue weighted by Gasteiger charge is 2.14. The van der Waals surface area contributed by atoms with Gasteiger partial charge in [-0.3, -0.25) is 5.10 Å². The van der Waals surface area contributed by atoms with Crippen molar-refractivity contribution in [1.29, 1.82) is 0 Å². The van der Waals surface area contributed by atoms with E-state index in [0.29, 0.717) is 29.1 Å². The van der Waals surface area contributed by atoms with E-state index in [1.165, 1.54) is 25.9 Å². The van der Waals surface area contributed by atoms with Crippen LogP contribution in [0.2, 0.25) is 5.02 Å². The van der Waals surface area contributed by atoms with Gasteiger partial charge in [0.15, 0.2) is 5.65 Å². The quantitative estimate of drug-likeness (QED) is 0.343. The van der Waals surface area contributed by atoms with Crippen LogP contribution in [0.4, 0.5) is 11.9 Å². The molecule has 1 saturated heterocycles. The van der Waals surface area contributed by atoms with Crippen LogP contribution in [0.15, 0.2) is 42.7 Å². The van der Waals surface area contributed by atoms with Crippen molar-refractivity contribution in [2.24, 2.45) is 0 Å². The number of hydrogen-bond donors (Lipinski definition) is 3. The van der Waals surface area contributed by atoms with Crippen molar-refractivity contribution in [3.63, 3.8) is 0 Å². The maximum Gasteiger partial charge on any atom is 0.224 e. The summed E-state index contributed by atoms with van der Waals surface area (Å²) in [7, 11) is 0. The molecule has 0 atom stereocenters. The Labute approximate surface area is 202 Å². The van der Waals surface area contributed by atoms with E-state index in [0.717, 1.165) is 35.4 Å². The molecular weight excluding hydrogens is 461 g/mol. The number of aromatic amines is 1. The van der Waals surface area contributed by atoms with E-state index in [1.807, 2.05) is 30.3 Å². The van der Waals surface area contributed by atoms with Crippen molar-refractivity contribution in [1.82, 2.24) is 35.0 Å². The number of anilines is 2. The zero-order chi connectivity index (χ0) is 21.8. The summed E-state index contributed by atoms with van der Waals surface area (Å²) in [5, 5.41) is 15.4. The molecule has 33 heavy (non-hydrogen) atoms. The molecule has 3 N–H and O–H groups in total. The number of rotatable bonds is 8. The van der Waals surface area contributed by atoms with Gasteiger partial charge in [-0.15, -0.1) is 12.4 Å². The Morgan fingerprint density at radius 1 is 1.03 bits per heavy atom. The topological polar surface area (TPSA) is 108 Å². The maximum absolute atomic E-state index is 6.06. The monoisotopic (exact) mass is 485 g/mol. The molecule has 1 aromatic carbocycles. The Kier molecular flexibility index (Phi) is 7.54. The van der Waals surface area contributed by atoms with E-state index in [-0.39, 0.29) is 12.4 Å². The van der Waals surface area contributed by atoms with Crippen LogP contribution in [-0.4, -0.2) is 61.2 Å². The van der Waals surface area contributed by atoms with Crippen LogP contribution in [0.3, 0.4) is 0 Å². The van der Waals surface area contributed by atoms with Crippen LogP contribution in [0.5, 0.6) is 0 Å². The molecule has 9 nitrogen and oxygen atoms in total. The SMILES string of the molecule is Cl.Clc1cccc(CNc2nccc(-c3[nH]nc4nc(NCCN5CCCC5)ncc34)n2)c1. The van der Waals surface area contributed by atoms with Gasteiger partial charge in [-0.25, -0.2) is 15.0 Å². The minimum Gasteiger partial charge on any atom is -0.353 e. The first-order valence-electron chi connectivity index (χ1n) is 10.7. The lowest BCUT2D eigenvalue weighted by molar-refractivity contribution is 0.352. The smallest absolute Gasteiger partial charge is 0.224 e. The highest BCUT2D eigenvalue weighted by molar-refractivity contribution is 6.30. The van der Waals surface area contributed by atoms with Gasteiger partial charge >= 0.3 is 0 Å². The van der Waals surface area contributed by atoms with Gasteiger partial charge in [-0.05, 0) is 49.7 Å². The summed E-state index contributed by atoms with van der Waals surface area (Å²) in [4.78, 5) is 20.4. The Morgan fingerprint density at radius 3 is 2.73 bits per heavy atom. The molecular formula is C22H25Cl2N9. The molecule has 3 aromatic heterocycles. The average molecular weight is 486 g/mol. The zero-order valence-corrected chi connectivity index (χ0v) is 19.5. The van der Waals surface area contributed by atoms with E-state index in [4.69, 9.17) is 11.6 Å². The van der Waals surface area contributed by atoms with Gasteiger partial charge in [0.05, 0.1) is 16.8 Å². The highest BCUT2D eigenvalue weighted by atomic mass is 35.5. The lowest BCUT2D eigenvalue weighted by atomic mass is 10.2. The van der Waals surface area contributed by atoms with Crippen molar-refractivity contribution in [2.75, 3.05) is 36.8 Å². The number of hydrogen-bond acceptors (Lipinski definition) is 8. The first-order chi connectivity index (χ1) is 15.7. The summed E-state index contributed by atoms with van der Waals surface area (Å²) in [6.07, 6.45) is 6.07. The lowest BCUT2D eigenvalue weighted by Crippen LogP contribution is -2.26. The van der Waals surface area contributed by atoms with E-state index in [1.54, 1.807) is 12.4 Å². The Balaban J connectivity index is 0.00000259. The van der Waals surface area contributed by atoms with Gasteiger partial charge in [0, 0.05) is 37.1 Å². The second kappa shape index (κ2) is 10.7. The third-order valence-corrected chi connectivity index (χ3v) is 5.71. The molecule has 0 unspecified atom stereocenters. The van der Waals surface area contributed by atoms with Gasteiger partial charge in [-0.2, -0.15) is 10.1 Å². The molecule has 1 aliphatic heterocycles. The molecule has 0 radical (unpaired) electrons. The van der Waals surface area contributed by atoms with Gasteiger partial charge in [-0.1, -0.05) is 23.7 Å². The van der Waals surface area contributed by atoms with Gasteiger partial charge in [0.2, 0.25) is 11.9 Å². The molecule has 0 spiro atoms. The maximum atomic E-state index is 6.06. The molecule has 1 aliphatic rings. The normalized spacial score (nSPS) is 13.7. The molecule has 11 heteroatoms. The second-order valence-electron chi connectivity index (χ2n) is 7.75. The van der Waals surface area contributed by atoms with Gasteiger partial charge in [0.1, 0.15) is 0 Å². The number of fused-ring (bicyclic) bond motifs is 1. The molecule has 0 amide bonds. The van der Waals surface area contributed by atoms with Crippen molar-refractivity contribution >= 4 is 46.9 Å². The van der Waals surface area contributed by atoms with Crippen LogP contribution in [-0.2, 0) is 6.54 Å². The van der Waals surface area contributed by atoms with E-state index < -0.39 is 0 Å². The summed E-state index contributed by atoms with van der Waals surface area (Å²) >= 11 is 6.06. The Hall–Kier alpha value is -3.01. The summed E-state index contributed by atoms with van der Waals surface area (Å²) in [6, 6.07) is 9.51. The van der Waals surface area contributed by atoms with Crippen molar-refractivity contribution < 1.29 is 0 Å². The summed E-state index contributed by atoms with van der Waals surface area (Å²) in [6.45, 7) is 4.75. The fraction of sp³-hybridized carbons (Fsp3) is 0.318. The molecule has 4 aromatic rings. The van der Waals surface area contributed by atoms with E-state index in [2.05, 4.69) is 45.7 Å². The van der Waals surface area contributed by atoms with Crippen LogP contribution in [0, 0.1) is 0 Å². The van der Waals surface area contributed by atoms with Crippen molar-refractivity contribution in [2.45, 2.75) is 19.4 Å². The molecule has 0 aliphatic carbocycles. The number of aromatic nitrogens is 6. The average Bonchev–Trinajstić information content (AvgIpc) is 3.48. The summed E-state index contributed by atoms with van der Waals surface area (Å²) < 4.78 is 0. The number of likely N-dealkylation sites (tertiary alicyclic amines) is 1. The Morgan fingerprint density at radius 2 is 1.88 bits per heavy atom. The minimum absolute atomic E-state index is 0. The zero-order valence-electron chi connectivity index (χ0n) is 18.0. The molecule has 0 saturated carbocycles. The largest absolute Gasteiger partial charge is 0.353 e. The summed E-state index contributed by atoms with van der Waals surface area (Å²) in [5.74, 6) is 1.10. The van der Waals surface area contributed by atoms with Crippen molar-refractivity contribution in [3.05, 3.63) is 53.3 Å². The van der Waals surface area contributed by atoms with Crippen LogP contribution < -0.4 is 10.6 Å². The Bertz CT molecular complexity index is 1210. The number of nitrogens with one attached hydrogen (secondary N) is 3. The predicted molar refractivity (Wildman–Crippen MR) is 133 cm³/mol. The molecule has 172 valence electrons. The fourth-order valence-electron chi connectivity index (χ4n) is 3.83. The third-order valence-electron chi connectivity index (χ3n) is 5.47. The third kappa shape index (κ3) is 5.68. The minimum atomic E-state index is 0. The summed E-state index contributed by atoms with van der Waals surface area (Å²) in [5.41, 5.74) is 3.13. The van der Waals surface area contributed by atoms with Crippen LogP contribution in [0.25, 0.3) is 22.4 Å². The van der Waals surface area contributed by atoms with E-state index >= 15 is 0 Å². The lowest BCUT2D eigenvalue weighted by Gasteiger charge is -2.14. The number of nitrogens with zero attached hydrogens (tertiary/aromatic N) is 6. The number of benzene rings is 1. The van der Waals surface area contributed by atoms with Crippen molar-refractivity contribution in [3.8, 4) is 11.4 Å². The highest BCUT2D eigenvalue weighted by Crippen LogP contribution is 2.24.